The van der Waals surface area contributed by atoms with Crippen molar-refractivity contribution in [1.82, 2.24) is 0 Å². The number of hydrogen-bond acceptors (Lipinski definition) is 2. The number of anilines is 2. The molecule has 6 heteroatoms. The predicted molar refractivity (Wildman–Crippen MR) is 84.5 cm³/mol. The van der Waals surface area contributed by atoms with Gasteiger partial charge in [0.05, 0.1) is 5.02 Å². The summed E-state index contributed by atoms with van der Waals surface area (Å²) in [6.45, 7) is 1.14. The van der Waals surface area contributed by atoms with Crippen molar-refractivity contribution >= 4 is 34.8 Å². The molecule has 0 saturated carbocycles. The Morgan fingerprint density at radius 1 is 1.18 bits per heavy atom. The summed E-state index contributed by atoms with van der Waals surface area (Å²) in [5, 5.41) is 2.58. The number of halogens is 2. The van der Waals surface area contributed by atoms with Crippen molar-refractivity contribution in [1.29, 1.82) is 0 Å². The van der Waals surface area contributed by atoms with Crippen LogP contribution in [0.3, 0.4) is 0 Å². The number of carbonyl (C=O) groups is 2. The van der Waals surface area contributed by atoms with E-state index in [0.29, 0.717) is 11.4 Å². The zero-order chi connectivity index (χ0) is 16.1. The molecule has 22 heavy (non-hydrogen) atoms. The molecule has 0 atom stereocenters. The van der Waals surface area contributed by atoms with Gasteiger partial charge in [-0.2, -0.15) is 0 Å². The minimum atomic E-state index is -0.581. The van der Waals surface area contributed by atoms with Gasteiger partial charge in [0.15, 0.2) is 0 Å². The van der Waals surface area contributed by atoms with Crippen LogP contribution in [0.25, 0.3) is 0 Å². The van der Waals surface area contributed by atoms with Gasteiger partial charge in [0, 0.05) is 18.3 Å². The quantitative estimate of drug-likeness (QED) is 0.937. The summed E-state index contributed by atoms with van der Waals surface area (Å²) in [4.78, 5) is 25.0. The number of amides is 2. The molecule has 0 aliphatic heterocycles. The molecule has 4 nitrogen and oxygen atoms in total. The van der Waals surface area contributed by atoms with E-state index in [1.165, 1.54) is 24.0 Å². The number of nitrogens with one attached hydrogen (secondary N) is 1. The Labute approximate surface area is 132 Å². The first-order valence-corrected chi connectivity index (χ1v) is 6.93. The minimum absolute atomic E-state index is 0.104. The minimum Gasteiger partial charge on any atom is -0.325 e. The highest BCUT2D eigenvalue weighted by Crippen LogP contribution is 2.22. The molecular formula is C16H14ClFN2O2. The molecule has 2 aromatic carbocycles. The van der Waals surface area contributed by atoms with Crippen molar-refractivity contribution in [3.05, 3.63) is 59.4 Å². The van der Waals surface area contributed by atoms with E-state index >= 15 is 0 Å². The average molecular weight is 321 g/mol. The zero-order valence-corrected chi connectivity index (χ0v) is 12.6. The first-order chi connectivity index (χ1) is 10.5. The van der Waals surface area contributed by atoms with E-state index in [0.717, 1.165) is 6.07 Å². The summed E-state index contributed by atoms with van der Waals surface area (Å²) in [6, 6.07) is 12.8. The van der Waals surface area contributed by atoms with E-state index in [1.54, 1.807) is 24.3 Å². The van der Waals surface area contributed by atoms with E-state index in [9.17, 15) is 14.0 Å². The highest BCUT2D eigenvalue weighted by Gasteiger charge is 2.17. The lowest BCUT2D eigenvalue weighted by molar-refractivity contribution is -0.120. The number of nitrogens with zero attached hydrogens (tertiary/aromatic N) is 1. The van der Waals surface area contributed by atoms with E-state index in [1.807, 2.05) is 6.07 Å². The molecule has 1 N–H and O–H groups in total. The van der Waals surface area contributed by atoms with Crippen molar-refractivity contribution in [2.45, 2.75) is 6.92 Å². The lowest BCUT2D eigenvalue weighted by Gasteiger charge is -2.21. The molecule has 0 aliphatic rings. The van der Waals surface area contributed by atoms with E-state index in [2.05, 4.69) is 5.32 Å². The molecule has 0 aliphatic carbocycles. The maximum atomic E-state index is 13.2. The van der Waals surface area contributed by atoms with Gasteiger partial charge in [-0.05, 0) is 30.3 Å². The lowest BCUT2D eigenvalue weighted by atomic mass is 10.2. The number of benzene rings is 2. The van der Waals surface area contributed by atoms with Crippen LogP contribution in [-0.2, 0) is 9.59 Å². The SMILES string of the molecule is CC(=O)N(CC(=O)Nc1ccccc1)c1ccc(F)c(Cl)c1. The molecule has 0 fully saturated rings. The van der Waals surface area contributed by atoms with Gasteiger partial charge >= 0.3 is 0 Å². The maximum absolute atomic E-state index is 13.2. The first-order valence-electron chi connectivity index (χ1n) is 6.55. The fourth-order valence-corrected chi connectivity index (χ4v) is 2.08. The average Bonchev–Trinajstić information content (AvgIpc) is 2.48. The van der Waals surface area contributed by atoms with Gasteiger partial charge in [0.2, 0.25) is 11.8 Å². The van der Waals surface area contributed by atoms with Gasteiger partial charge in [-0.3, -0.25) is 9.59 Å². The van der Waals surface area contributed by atoms with E-state index < -0.39 is 5.82 Å². The lowest BCUT2D eigenvalue weighted by Crippen LogP contribution is -2.36. The molecule has 114 valence electrons. The summed E-state index contributed by atoms with van der Waals surface area (Å²) in [5.41, 5.74) is 0.996. The monoisotopic (exact) mass is 320 g/mol. The summed E-state index contributed by atoms with van der Waals surface area (Å²) in [5.74, 6) is -1.28. The van der Waals surface area contributed by atoms with Crippen LogP contribution in [0, 0.1) is 5.82 Å². The molecule has 0 unspecified atom stereocenters. The second-order valence-corrected chi connectivity index (χ2v) is 5.02. The third kappa shape index (κ3) is 4.05. The van der Waals surface area contributed by atoms with Gasteiger partial charge < -0.3 is 10.2 Å². The summed E-state index contributed by atoms with van der Waals surface area (Å²) < 4.78 is 13.2. The van der Waals surface area contributed by atoms with Crippen LogP contribution in [0.5, 0.6) is 0 Å². The second kappa shape index (κ2) is 7.04. The largest absolute Gasteiger partial charge is 0.325 e. The van der Waals surface area contributed by atoms with Gasteiger partial charge in [-0.1, -0.05) is 29.8 Å². The summed E-state index contributed by atoms with van der Waals surface area (Å²) in [6.07, 6.45) is 0. The molecule has 2 amide bonds. The Kier molecular flexibility index (Phi) is 5.12. The summed E-state index contributed by atoms with van der Waals surface area (Å²) in [7, 11) is 0. The van der Waals surface area contributed by atoms with Crippen molar-refractivity contribution in [2.75, 3.05) is 16.8 Å². The Hall–Kier alpha value is -2.40. The van der Waals surface area contributed by atoms with Crippen LogP contribution in [0.2, 0.25) is 5.02 Å². The maximum Gasteiger partial charge on any atom is 0.244 e. The topological polar surface area (TPSA) is 49.4 Å². The van der Waals surface area contributed by atoms with Crippen LogP contribution in [0.1, 0.15) is 6.92 Å². The van der Waals surface area contributed by atoms with Gasteiger partial charge in [0.25, 0.3) is 0 Å². The van der Waals surface area contributed by atoms with E-state index in [-0.39, 0.29) is 23.4 Å². The Morgan fingerprint density at radius 3 is 2.45 bits per heavy atom. The molecular weight excluding hydrogens is 307 g/mol. The normalized spacial score (nSPS) is 10.1. The Bertz CT molecular complexity index is 692. The highest BCUT2D eigenvalue weighted by molar-refractivity contribution is 6.31. The van der Waals surface area contributed by atoms with Gasteiger partial charge in [-0.15, -0.1) is 0 Å². The van der Waals surface area contributed by atoms with Crippen LogP contribution in [0.4, 0.5) is 15.8 Å². The molecule has 0 spiro atoms. The fourth-order valence-electron chi connectivity index (χ4n) is 1.90. The zero-order valence-electron chi connectivity index (χ0n) is 11.8. The second-order valence-electron chi connectivity index (χ2n) is 4.62. The van der Waals surface area contributed by atoms with Crippen molar-refractivity contribution in [2.24, 2.45) is 0 Å². The van der Waals surface area contributed by atoms with Crippen LogP contribution in [0.15, 0.2) is 48.5 Å². The predicted octanol–water partition coefficient (Wildman–Crippen LogP) is 3.47. The standard InChI is InChI=1S/C16H14ClFN2O2/c1-11(21)20(13-7-8-15(18)14(17)9-13)10-16(22)19-12-5-3-2-4-6-12/h2-9H,10H2,1H3,(H,19,22). The Morgan fingerprint density at radius 2 is 1.86 bits per heavy atom. The number of rotatable bonds is 4. The van der Waals surface area contributed by atoms with Crippen molar-refractivity contribution in [3.63, 3.8) is 0 Å². The fraction of sp³-hybridized carbons (Fsp3) is 0.125. The highest BCUT2D eigenvalue weighted by atomic mass is 35.5. The Balaban J connectivity index is 2.13. The van der Waals surface area contributed by atoms with E-state index in [4.69, 9.17) is 11.6 Å². The molecule has 0 aromatic heterocycles. The molecule has 2 rings (SSSR count). The number of carbonyl (C=O) groups excluding carboxylic acids is 2. The number of para-hydroxylation sites is 1. The van der Waals surface area contributed by atoms with Crippen LogP contribution >= 0.6 is 11.6 Å². The molecule has 2 aromatic rings. The molecule has 0 saturated heterocycles. The third-order valence-corrected chi connectivity index (χ3v) is 3.24. The summed E-state index contributed by atoms with van der Waals surface area (Å²) >= 11 is 5.72. The number of hydrogen-bond donors (Lipinski definition) is 1. The molecule has 0 heterocycles. The molecule has 0 bridgehead atoms. The van der Waals surface area contributed by atoms with Gasteiger partial charge in [0.1, 0.15) is 12.4 Å². The first kappa shape index (κ1) is 16.0. The van der Waals surface area contributed by atoms with Crippen molar-refractivity contribution < 1.29 is 14.0 Å². The van der Waals surface area contributed by atoms with Crippen molar-refractivity contribution in [3.8, 4) is 0 Å². The molecule has 0 radical (unpaired) electrons. The third-order valence-electron chi connectivity index (χ3n) is 2.95. The van der Waals surface area contributed by atoms with Gasteiger partial charge in [-0.25, -0.2) is 4.39 Å². The smallest absolute Gasteiger partial charge is 0.244 e. The van der Waals surface area contributed by atoms with Crippen LogP contribution < -0.4 is 10.2 Å². The van der Waals surface area contributed by atoms with Crippen LogP contribution in [-0.4, -0.2) is 18.4 Å².